The summed E-state index contributed by atoms with van der Waals surface area (Å²) in [7, 11) is -8.64. The molecule has 8 heteroatoms. The molecule has 0 aliphatic carbocycles. The van der Waals surface area contributed by atoms with E-state index in [0.717, 1.165) is 37.9 Å². The Kier molecular flexibility index (Phi) is 11.1. The fourth-order valence-electron chi connectivity index (χ4n) is 2.01. The van der Waals surface area contributed by atoms with Gasteiger partial charge < -0.3 is 19.4 Å². The van der Waals surface area contributed by atoms with Crippen LogP contribution in [0.25, 0.3) is 0 Å². The number of aliphatic hydroxyl groups excluding tert-OH is 1. The second kappa shape index (κ2) is 11.3. The van der Waals surface area contributed by atoms with Gasteiger partial charge in [0, 0.05) is 6.66 Å². The Morgan fingerprint density at radius 3 is 1.92 bits per heavy atom. The first kappa shape index (κ1) is 24.5. The van der Waals surface area contributed by atoms with Gasteiger partial charge in [-0.1, -0.05) is 34.9 Å². The predicted molar refractivity (Wildman–Crippen MR) is 103 cm³/mol. The Bertz CT molecular complexity index is 596. The van der Waals surface area contributed by atoms with Crippen LogP contribution in [0.4, 0.5) is 0 Å². The van der Waals surface area contributed by atoms with E-state index in [1.165, 1.54) is 11.1 Å². The molecule has 0 saturated heterocycles. The van der Waals surface area contributed by atoms with Crippen molar-refractivity contribution in [2.75, 3.05) is 13.3 Å². The average molecular weight is 394 g/mol. The fourth-order valence-corrected chi connectivity index (χ4v) is 4.90. The quantitative estimate of drug-likeness (QED) is 0.344. The zero-order valence-corrected chi connectivity index (χ0v) is 17.6. The molecule has 0 rings (SSSR count). The third kappa shape index (κ3) is 11.7. The maximum Gasteiger partial charge on any atom is 0.363 e. The molecular formula is C17H32O6P2. The summed E-state index contributed by atoms with van der Waals surface area (Å²) in [4.78, 5) is 17.7. The Balaban J connectivity index is 4.32. The normalized spacial score (nSPS) is 17.1. The van der Waals surface area contributed by atoms with Gasteiger partial charge in [0.2, 0.25) is 13.0 Å². The van der Waals surface area contributed by atoms with Crippen molar-refractivity contribution in [3.8, 4) is 0 Å². The Labute approximate surface area is 151 Å². The molecule has 2 unspecified atom stereocenters. The molecular weight excluding hydrogens is 362 g/mol. The largest absolute Gasteiger partial charge is 0.372 e. The third-order valence-corrected chi connectivity index (χ3v) is 7.87. The number of aliphatic hydroxyl groups is 1. The van der Waals surface area contributed by atoms with Gasteiger partial charge >= 0.3 is 7.60 Å². The van der Waals surface area contributed by atoms with Gasteiger partial charge in [0.25, 0.3) is 0 Å². The summed E-state index contributed by atoms with van der Waals surface area (Å²) >= 11 is 0. The van der Waals surface area contributed by atoms with E-state index in [0.29, 0.717) is 0 Å². The van der Waals surface area contributed by atoms with Gasteiger partial charge in [0.05, 0.1) is 6.61 Å². The number of rotatable bonds is 11. The lowest BCUT2D eigenvalue weighted by molar-refractivity contribution is 0.230. The molecule has 2 atom stereocenters. The highest BCUT2D eigenvalue weighted by Crippen LogP contribution is 2.61. The molecule has 25 heavy (non-hydrogen) atoms. The van der Waals surface area contributed by atoms with Crippen molar-refractivity contribution in [2.45, 2.75) is 59.0 Å². The number of hydrogen-bond acceptors (Lipinski definition) is 4. The number of hydrogen-bond donors (Lipinski definition) is 3. The molecule has 0 aromatic rings. The van der Waals surface area contributed by atoms with Gasteiger partial charge in [-0.2, -0.15) is 0 Å². The van der Waals surface area contributed by atoms with Crippen molar-refractivity contribution in [1.82, 2.24) is 0 Å². The second-order valence-electron chi connectivity index (χ2n) is 6.60. The fraction of sp³-hybridized carbons (Fsp3) is 0.647. The van der Waals surface area contributed by atoms with E-state index in [2.05, 4.69) is 32.9 Å². The van der Waals surface area contributed by atoms with Gasteiger partial charge in [-0.25, -0.2) is 0 Å². The standard InChI is InChI=1S/C17H32O6P2/c1-14(2)8-6-9-15(3)10-7-11-16(4)12-13-23-24(5,19)17(18)25(20,21)22/h8,10,12,17-18H,6-7,9,11,13H2,1-5H3,(H2,20,21,22)/b15-10+,16-12+. The summed E-state index contributed by atoms with van der Waals surface area (Å²) in [5.74, 6) is 0. The van der Waals surface area contributed by atoms with E-state index in [4.69, 9.17) is 14.3 Å². The zero-order chi connectivity index (χ0) is 19.7. The first-order valence-corrected chi connectivity index (χ1v) is 12.1. The molecule has 0 aliphatic rings. The minimum atomic E-state index is -4.85. The van der Waals surface area contributed by atoms with Crippen molar-refractivity contribution < 1.29 is 28.5 Å². The highest BCUT2D eigenvalue weighted by Gasteiger charge is 2.41. The van der Waals surface area contributed by atoms with E-state index in [1.54, 1.807) is 6.08 Å². The van der Waals surface area contributed by atoms with Crippen molar-refractivity contribution in [3.63, 3.8) is 0 Å². The smallest absolute Gasteiger partial charge is 0.363 e. The lowest BCUT2D eigenvalue weighted by atomic mass is 10.1. The topological polar surface area (TPSA) is 104 Å². The van der Waals surface area contributed by atoms with Crippen molar-refractivity contribution >= 4 is 15.0 Å². The highest BCUT2D eigenvalue weighted by molar-refractivity contribution is 7.73. The molecule has 0 heterocycles. The van der Waals surface area contributed by atoms with Crippen LogP contribution in [-0.4, -0.2) is 33.8 Å². The SMILES string of the molecule is CC(C)=CCC/C(C)=C/CC/C(C)=C/COP(C)(=O)C(O)P(=O)(O)O. The van der Waals surface area contributed by atoms with Crippen molar-refractivity contribution in [2.24, 2.45) is 0 Å². The lowest BCUT2D eigenvalue weighted by Gasteiger charge is -2.19. The van der Waals surface area contributed by atoms with Crippen LogP contribution in [0.5, 0.6) is 0 Å². The van der Waals surface area contributed by atoms with Crippen LogP contribution < -0.4 is 0 Å². The van der Waals surface area contributed by atoms with E-state index in [9.17, 15) is 14.2 Å². The minimum absolute atomic E-state index is 0.0556. The van der Waals surface area contributed by atoms with Gasteiger partial charge in [0.1, 0.15) is 0 Å². The van der Waals surface area contributed by atoms with Crippen LogP contribution in [-0.2, 0) is 13.7 Å². The number of allylic oxidation sites excluding steroid dienone is 5. The summed E-state index contributed by atoms with van der Waals surface area (Å²) < 4.78 is 28.0. The van der Waals surface area contributed by atoms with Crippen LogP contribution in [0.3, 0.4) is 0 Å². The summed E-state index contributed by atoms with van der Waals surface area (Å²) in [6.45, 7) is 9.17. The van der Waals surface area contributed by atoms with Crippen LogP contribution >= 0.6 is 15.0 Å². The van der Waals surface area contributed by atoms with Gasteiger partial charge in [0.15, 0.2) is 0 Å². The Morgan fingerprint density at radius 1 is 0.960 bits per heavy atom. The molecule has 0 aliphatic heterocycles. The van der Waals surface area contributed by atoms with Crippen LogP contribution in [0, 0.1) is 0 Å². The molecule has 0 bridgehead atoms. The van der Waals surface area contributed by atoms with Gasteiger partial charge in [-0.3, -0.25) is 9.13 Å². The maximum atomic E-state index is 12.0. The molecule has 0 saturated carbocycles. The van der Waals surface area contributed by atoms with Crippen LogP contribution in [0.2, 0.25) is 0 Å². The molecule has 0 aromatic heterocycles. The Hall–Kier alpha value is -0.480. The zero-order valence-electron chi connectivity index (χ0n) is 15.8. The molecule has 0 spiro atoms. The highest BCUT2D eigenvalue weighted by atomic mass is 31.2. The molecule has 6 nitrogen and oxygen atoms in total. The van der Waals surface area contributed by atoms with Crippen molar-refractivity contribution in [3.05, 3.63) is 34.9 Å². The average Bonchev–Trinajstić information content (AvgIpc) is 2.44. The summed E-state index contributed by atoms with van der Waals surface area (Å²) in [6.07, 6.45) is 9.91. The summed E-state index contributed by atoms with van der Waals surface area (Å²) in [5, 5.41) is 9.40. The summed E-state index contributed by atoms with van der Waals surface area (Å²) in [6, 6.07) is 0. The molecule has 0 fully saturated rings. The third-order valence-electron chi connectivity index (χ3n) is 3.61. The Morgan fingerprint density at radius 2 is 1.44 bits per heavy atom. The molecule has 3 N–H and O–H groups in total. The first-order chi connectivity index (χ1) is 11.4. The maximum absolute atomic E-state index is 12.0. The molecule has 146 valence electrons. The molecule has 0 radical (unpaired) electrons. The van der Waals surface area contributed by atoms with E-state index < -0.39 is 20.6 Å². The predicted octanol–water partition coefficient (Wildman–Crippen LogP) is 4.78. The molecule has 0 aromatic carbocycles. The molecule has 0 amide bonds. The summed E-state index contributed by atoms with van der Waals surface area (Å²) in [5.41, 5.74) is 1.41. The van der Waals surface area contributed by atoms with E-state index in [-0.39, 0.29) is 6.61 Å². The monoisotopic (exact) mass is 394 g/mol. The van der Waals surface area contributed by atoms with Gasteiger partial charge in [-0.05, 0) is 53.4 Å². The van der Waals surface area contributed by atoms with Crippen LogP contribution in [0.15, 0.2) is 34.9 Å². The van der Waals surface area contributed by atoms with Crippen LogP contribution in [0.1, 0.15) is 53.4 Å². The second-order valence-corrected chi connectivity index (χ2v) is 11.2. The van der Waals surface area contributed by atoms with E-state index in [1.807, 2.05) is 6.92 Å². The first-order valence-electron chi connectivity index (χ1n) is 8.26. The van der Waals surface area contributed by atoms with E-state index >= 15 is 0 Å². The van der Waals surface area contributed by atoms with Gasteiger partial charge in [-0.15, -0.1) is 0 Å². The minimum Gasteiger partial charge on any atom is -0.372 e. The lowest BCUT2D eigenvalue weighted by Crippen LogP contribution is -2.10. The van der Waals surface area contributed by atoms with Crippen molar-refractivity contribution in [1.29, 1.82) is 0 Å².